The molecule has 5 aliphatic rings. The van der Waals surface area contributed by atoms with Gasteiger partial charge in [0.2, 0.25) is 0 Å². The van der Waals surface area contributed by atoms with Crippen LogP contribution in [0.4, 0.5) is 0 Å². The van der Waals surface area contributed by atoms with Crippen molar-refractivity contribution in [3.8, 4) is 0 Å². The zero-order valence-electron chi connectivity index (χ0n) is 13.2. The Kier molecular flexibility index (Phi) is 3.38. The van der Waals surface area contributed by atoms with Crippen molar-refractivity contribution < 1.29 is 0 Å². The van der Waals surface area contributed by atoms with E-state index in [-0.39, 0.29) is 0 Å². The molecule has 4 aliphatic carbocycles. The van der Waals surface area contributed by atoms with Crippen LogP contribution in [0.5, 0.6) is 0 Å². The van der Waals surface area contributed by atoms with Crippen molar-refractivity contribution in [2.75, 3.05) is 13.1 Å². The SMILES string of the molecule is CC1CCCC(CN)N1CC12CC3CC(CC(C3)C1)C2. The molecule has 1 heterocycles. The second-order valence-corrected chi connectivity index (χ2v) is 8.76. The quantitative estimate of drug-likeness (QED) is 0.856. The number of hydrogen-bond acceptors (Lipinski definition) is 2. The largest absolute Gasteiger partial charge is 0.329 e. The Bertz CT molecular complexity index is 329. The molecule has 2 unspecified atom stereocenters. The van der Waals surface area contributed by atoms with Crippen LogP contribution in [0.25, 0.3) is 0 Å². The number of likely N-dealkylation sites (tertiary alicyclic amines) is 1. The summed E-state index contributed by atoms with van der Waals surface area (Å²) < 4.78 is 0. The van der Waals surface area contributed by atoms with Crippen LogP contribution < -0.4 is 5.73 Å². The van der Waals surface area contributed by atoms with Crippen LogP contribution >= 0.6 is 0 Å². The van der Waals surface area contributed by atoms with Crippen molar-refractivity contribution in [2.45, 2.75) is 76.8 Å². The molecule has 4 bridgehead atoms. The van der Waals surface area contributed by atoms with Gasteiger partial charge in [0.05, 0.1) is 0 Å². The first kappa shape index (κ1) is 13.6. The zero-order valence-corrected chi connectivity index (χ0v) is 13.2. The lowest BCUT2D eigenvalue weighted by Gasteiger charge is -2.59. The minimum Gasteiger partial charge on any atom is -0.329 e. The summed E-state index contributed by atoms with van der Waals surface area (Å²) in [6.07, 6.45) is 13.4. The van der Waals surface area contributed by atoms with Crippen LogP contribution in [0.2, 0.25) is 0 Å². The third-order valence-corrected chi connectivity index (χ3v) is 7.15. The average Bonchev–Trinajstić information content (AvgIpc) is 2.39. The second kappa shape index (κ2) is 4.98. The molecule has 20 heavy (non-hydrogen) atoms. The molecule has 5 rings (SSSR count). The van der Waals surface area contributed by atoms with Crippen molar-refractivity contribution in [2.24, 2.45) is 28.9 Å². The first-order valence-corrected chi connectivity index (χ1v) is 9.13. The minimum absolute atomic E-state index is 0.673. The molecule has 2 N–H and O–H groups in total. The molecule has 4 saturated carbocycles. The summed E-state index contributed by atoms with van der Waals surface area (Å²) in [5.41, 5.74) is 6.77. The van der Waals surface area contributed by atoms with E-state index in [9.17, 15) is 0 Å². The Morgan fingerprint density at radius 1 is 1.00 bits per heavy atom. The number of rotatable bonds is 3. The molecule has 1 saturated heterocycles. The van der Waals surface area contributed by atoms with Gasteiger partial charge in [-0.25, -0.2) is 0 Å². The van der Waals surface area contributed by atoms with Crippen LogP contribution in [-0.2, 0) is 0 Å². The van der Waals surface area contributed by atoms with Crippen LogP contribution in [-0.4, -0.2) is 30.1 Å². The highest BCUT2D eigenvalue weighted by molar-refractivity contribution is 5.03. The molecule has 5 fully saturated rings. The fraction of sp³-hybridized carbons (Fsp3) is 1.00. The first-order chi connectivity index (χ1) is 9.67. The van der Waals surface area contributed by atoms with Crippen LogP contribution in [0.1, 0.15) is 64.7 Å². The Balaban J connectivity index is 1.52. The lowest BCUT2D eigenvalue weighted by atomic mass is 9.49. The van der Waals surface area contributed by atoms with E-state index in [0.717, 1.165) is 30.3 Å². The van der Waals surface area contributed by atoms with E-state index in [2.05, 4.69) is 11.8 Å². The monoisotopic (exact) mass is 276 g/mol. The lowest BCUT2D eigenvalue weighted by molar-refractivity contribution is -0.0846. The van der Waals surface area contributed by atoms with Crippen LogP contribution in [0, 0.1) is 23.2 Å². The van der Waals surface area contributed by atoms with Gasteiger partial charge in [-0.2, -0.15) is 0 Å². The van der Waals surface area contributed by atoms with Gasteiger partial charge in [-0.3, -0.25) is 4.90 Å². The Hall–Kier alpha value is -0.0800. The summed E-state index contributed by atoms with van der Waals surface area (Å²) in [5.74, 6) is 3.24. The van der Waals surface area contributed by atoms with Crippen molar-refractivity contribution in [3.63, 3.8) is 0 Å². The van der Waals surface area contributed by atoms with E-state index >= 15 is 0 Å². The van der Waals surface area contributed by atoms with Gasteiger partial charge in [0.15, 0.2) is 0 Å². The number of hydrogen-bond donors (Lipinski definition) is 1. The van der Waals surface area contributed by atoms with Crippen molar-refractivity contribution >= 4 is 0 Å². The number of nitrogens with two attached hydrogens (primary N) is 1. The highest BCUT2D eigenvalue weighted by Gasteiger charge is 2.52. The Morgan fingerprint density at radius 2 is 1.60 bits per heavy atom. The van der Waals surface area contributed by atoms with E-state index in [0.29, 0.717) is 11.5 Å². The maximum Gasteiger partial charge on any atom is 0.0221 e. The fourth-order valence-corrected chi connectivity index (χ4v) is 6.75. The van der Waals surface area contributed by atoms with Gasteiger partial charge in [-0.05, 0) is 81.5 Å². The van der Waals surface area contributed by atoms with E-state index < -0.39 is 0 Å². The maximum atomic E-state index is 6.08. The van der Waals surface area contributed by atoms with Gasteiger partial charge in [0, 0.05) is 25.2 Å². The molecule has 0 aromatic carbocycles. The van der Waals surface area contributed by atoms with Gasteiger partial charge in [-0.15, -0.1) is 0 Å². The van der Waals surface area contributed by atoms with Crippen LogP contribution in [0.15, 0.2) is 0 Å². The van der Waals surface area contributed by atoms with Crippen molar-refractivity contribution in [1.82, 2.24) is 4.90 Å². The highest BCUT2D eigenvalue weighted by atomic mass is 15.2. The Morgan fingerprint density at radius 3 is 2.15 bits per heavy atom. The third kappa shape index (κ3) is 2.23. The minimum atomic E-state index is 0.673. The maximum absolute atomic E-state index is 6.08. The fourth-order valence-electron chi connectivity index (χ4n) is 6.75. The molecule has 2 nitrogen and oxygen atoms in total. The van der Waals surface area contributed by atoms with Gasteiger partial charge in [-0.1, -0.05) is 6.42 Å². The van der Waals surface area contributed by atoms with E-state index in [1.165, 1.54) is 25.8 Å². The zero-order chi connectivity index (χ0) is 13.7. The summed E-state index contributed by atoms with van der Waals surface area (Å²) in [6, 6.07) is 1.44. The number of nitrogens with zero attached hydrogens (tertiary/aromatic N) is 1. The highest BCUT2D eigenvalue weighted by Crippen LogP contribution is 2.60. The first-order valence-electron chi connectivity index (χ1n) is 9.13. The molecule has 2 atom stereocenters. The normalized spacial score (nSPS) is 51.6. The van der Waals surface area contributed by atoms with E-state index in [1.54, 1.807) is 38.5 Å². The predicted octanol–water partition coefficient (Wildman–Crippen LogP) is 3.40. The molecular formula is C18H32N2. The summed E-state index contributed by atoms with van der Waals surface area (Å²) in [4.78, 5) is 2.83. The molecule has 114 valence electrons. The predicted molar refractivity (Wildman–Crippen MR) is 83.5 cm³/mol. The molecular weight excluding hydrogens is 244 g/mol. The molecule has 2 heteroatoms. The summed E-state index contributed by atoms with van der Waals surface area (Å²) in [6.45, 7) is 4.69. The molecule has 0 spiro atoms. The van der Waals surface area contributed by atoms with Gasteiger partial charge < -0.3 is 5.73 Å². The third-order valence-electron chi connectivity index (χ3n) is 7.15. The lowest BCUT2D eigenvalue weighted by Crippen LogP contribution is -2.57. The van der Waals surface area contributed by atoms with Gasteiger partial charge in [0.25, 0.3) is 0 Å². The molecule has 0 radical (unpaired) electrons. The van der Waals surface area contributed by atoms with Crippen LogP contribution in [0.3, 0.4) is 0 Å². The van der Waals surface area contributed by atoms with E-state index in [4.69, 9.17) is 5.73 Å². The second-order valence-electron chi connectivity index (χ2n) is 8.76. The molecule has 1 aliphatic heterocycles. The Labute approximate surface area is 124 Å². The van der Waals surface area contributed by atoms with Gasteiger partial charge >= 0.3 is 0 Å². The molecule has 0 aromatic rings. The van der Waals surface area contributed by atoms with Crippen molar-refractivity contribution in [3.05, 3.63) is 0 Å². The topological polar surface area (TPSA) is 29.3 Å². The van der Waals surface area contributed by atoms with Gasteiger partial charge in [0.1, 0.15) is 0 Å². The average molecular weight is 276 g/mol. The molecule has 0 amide bonds. The standard InChI is InChI=1S/C18H32N2/c1-13-3-2-4-17(11-19)20(13)12-18-8-14-5-15(9-18)7-16(6-14)10-18/h13-17H,2-12,19H2,1H3. The summed E-state index contributed by atoms with van der Waals surface area (Å²) in [5, 5.41) is 0. The smallest absolute Gasteiger partial charge is 0.0221 e. The molecule has 0 aromatic heterocycles. The van der Waals surface area contributed by atoms with E-state index in [1.807, 2.05) is 0 Å². The summed E-state index contributed by atoms with van der Waals surface area (Å²) >= 11 is 0. The summed E-state index contributed by atoms with van der Waals surface area (Å²) in [7, 11) is 0. The number of piperidine rings is 1. The van der Waals surface area contributed by atoms with Crippen molar-refractivity contribution in [1.29, 1.82) is 0 Å².